The van der Waals surface area contributed by atoms with Crippen molar-refractivity contribution in [2.75, 3.05) is 0 Å². The van der Waals surface area contributed by atoms with Gasteiger partial charge in [-0.05, 0) is 43.3 Å². The van der Waals surface area contributed by atoms with Gasteiger partial charge in [-0.25, -0.2) is 9.18 Å². The van der Waals surface area contributed by atoms with E-state index in [4.69, 9.17) is 4.74 Å². The summed E-state index contributed by atoms with van der Waals surface area (Å²) in [6, 6.07) is 8.93. The Kier molecular flexibility index (Phi) is 3.74. The van der Waals surface area contributed by atoms with Crippen LogP contribution in [0.3, 0.4) is 0 Å². The maximum absolute atomic E-state index is 12.7. The number of hydrogen-bond donors (Lipinski definition) is 0. The molecule has 0 N–H and O–H groups in total. The SMILES string of the molecule is Cc1cc(C(=O)Oc2ccc(F)cc2)ccc1[N+](=O)[O-]. The van der Waals surface area contributed by atoms with Crippen LogP contribution in [-0.2, 0) is 0 Å². The molecule has 0 heterocycles. The first kappa shape index (κ1) is 13.7. The number of carbonyl (C=O) groups excluding carboxylic acids is 1. The lowest BCUT2D eigenvalue weighted by Gasteiger charge is -2.05. The van der Waals surface area contributed by atoms with Gasteiger partial charge in [0.2, 0.25) is 0 Å². The molecule has 2 aromatic carbocycles. The van der Waals surface area contributed by atoms with Crippen LogP contribution in [0.15, 0.2) is 42.5 Å². The molecule has 0 saturated heterocycles. The summed E-state index contributed by atoms with van der Waals surface area (Å²) >= 11 is 0. The number of carbonyl (C=O) groups is 1. The van der Waals surface area contributed by atoms with E-state index in [1.165, 1.54) is 49.4 Å². The summed E-state index contributed by atoms with van der Waals surface area (Å²) in [4.78, 5) is 22.0. The largest absolute Gasteiger partial charge is 0.423 e. The molecule has 0 fully saturated rings. The van der Waals surface area contributed by atoms with Gasteiger partial charge in [-0.15, -0.1) is 0 Å². The zero-order chi connectivity index (χ0) is 14.7. The zero-order valence-electron chi connectivity index (χ0n) is 10.5. The van der Waals surface area contributed by atoms with Crippen molar-refractivity contribution in [1.29, 1.82) is 0 Å². The molecule has 0 bridgehead atoms. The van der Waals surface area contributed by atoms with E-state index in [2.05, 4.69) is 0 Å². The van der Waals surface area contributed by atoms with Gasteiger partial charge in [0, 0.05) is 11.6 Å². The highest BCUT2D eigenvalue weighted by Crippen LogP contribution is 2.20. The Hall–Kier alpha value is -2.76. The van der Waals surface area contributed by atoms with Crippen LogP contribution in [0.5, 0.6) is 5.75 Å². The standard InChI is InChI=1S/C14H10FNO4/c1-9-8-10(2-7-13(9)16(18)19)14(17)20-12-5-3-11(15)4-6-12/h2-8H,1H3. The maximum atomic E-state index is 12.7. The van der Waals surface area contributed by atoms with E-state index < -0.39 is 16.7 Å². The van der Waals surface area contributed by atoms with Gasteiger partial charge in [0.05, 0.1) is 10.5 Å². The van der Waals surface area contributed by atoms with Gasteiger partial charge >= 0.3 is 5.97 Å². The van der Waals surface area contributed by atoms with Gasteiger partial charge in [0.15, 0.2) is 0 Å². The van der Waals surface area contributed by atoms with Crippen LogP contribution in [0.25, 0.3) is 0 Å². The van der Waals surface area contributed by atoms with Crippen molar-refractivity contribution in [3.05, 3.63) is 69.5 Å². The van der Waals surface area contributed by atoms with E-state index in [1.54, 1.807) is 0 Å². The van der Waals surface area contributed by atoms with Gasteiger partial charge in [-0.2, -0.15) is 0 Å². The molecule has 0 aliphatic heterocycles. The number of aryl methyl sites for hydroxylation is 1. The summed E-state index contributed by atoms with van der Waals surface area (Å²) in [7, 11) is 0. The minimum Gasteiger partial charge on any atom is -0.423 e. The Morgan fingerprint density at radius 2 is 1.85 bits per heavy atom. The lowest BCUT2D eigenvalue weighted by Crippen LogP contribution is -2.09. The molecule has 20 heavy (non-hydrogen) atoms. The van der Waals surface area contributed by atoms with E-state index in [-0.39, 0.29) is 17.0 Å². The number of halogens is 1. The van der Waals surface area contributed by atoms with Crippen molar-refractivity contribution in [2.45, 2.75) is 6.92 Å². The van der Waals surface area contributed by atoms with Crippen molar-refractivity contribution in [3.8, 4) is 5.75 Å². The first-order valence-electron chi connectivity index (χ1n) is 5.70. The fraction of sp³-hybridized carbons (Fsp3) is 0.0714. The van der Waals surface area contributed by atoms with Crippen LogP contribution < -0.4 is 4.74 Å². The van der Waals surface area contributed by atoms with E-state index in [0.29, 0.717) is 5.56 Å². The molecule has 0 spiro atoms. The Morgan fingerprint density at radius 3 is 2.40 bits per heavy atom. The predicted octanol–water partition coefficient (Wildman–Crippen LogP) is 3.26. The molecule has 0 aliphatic carbocycles. The van der Waals surface area contributed by atoms with Crippen molar-refractivity contribution in [2.24, 2.45) is 0 Å². The number of benzene rings is 2. The predicted molar refractivity (Wildman–Crippen MR) is 69.2 cm³/mol. The maximum Gasteiger partial charge on any atom is 0.343 e. The van der Waals surface area contributed by atoms with Gasteiger partial charge in [-0.3, -0.25) is 10.1 Å². The second-order valence-electron chi connectivity index (χ2n) is 4.10. The summed E-state index contributed by atoms with van der Waals surface area (Å²) in [5, 5.41) is 10.7. The molecule has 0 amide bonds. The molecule has 0 unspecified atom stereocenters. The van der Waals surface area contributed by atoms with E-state index >= 15 is 0 Å². The molecule has 5 nitrogen and oxygen atoms in total. The summed E-state index contributed by atoms with van der Waals surface area (Å²) in [6.07, 6.45) is 0. The van der Waals surface area contributed by atoms with E-state index in [1.807, 2.05) is 0 Å². The second kappa shape index (κ2) is 5.48. The average molecular weight is 275 g/mol. The molecule has 2 rings (SSSR count). The Bertz CT molecular complexity index is 667. The smallest absolute Gasteiger partial charge is 0.343 e. The molecular weight excluding hydrogens is 265 g/mol. The van der Waals surface area contributed by atoms with Crippen LogP contribution in [0, 0.1) is 22.9 Å². The number of hydrogen-bond acceptors (Lipinski definition) is 4. The quantitative estimate of drug-likeness (QED) is 0.373. The minimum absolute atomic E-state index is 0.0664. The van der Waals surface area contributed by atoms with Crippen molar-refractivity contribution in [3.63, 3.8) is 0 Å². The molecule has 0 radical (unpaired) electrons. The number of rotatable bonds is 3. The average Bonchev–Trinajstić information content (AvgIpc) is 2.40. The van der Waals surface area contributed by atoms with Crippen LogP contribution in [0.4, 0.5) is 10.1 Å². The molecule has 102 valence electrons. The Balaban J connectivity index is 2.19. The molecule has 0 aromatic heterocycles. The number of esters is 1. The van der Waals surface area contributed by atoms with Crippen molar-refractivity contribution in [1.82, 2.24) is 0 Å². The molecule has 2 aromatic rings. The highest BCUT2D eigenvalue weighted by atomic mass is 19.1. The number of nitro groups is 1. The molecule has 0 aliphatic rings. The van der Waals surface area contributed by atoms with Gasteiger partial charge in [0.1, 0.15) is 11.6 Å². The number of nitro benzene ring substituents is 1. The molecule has 0 atom stereocenters. The van der Waals surface area contributed by atoms with E-state index in [9.17, 15) is 19.3 Å². The van der Waals surface area contributed by atoms with Gasteiger partial charge < -0.3 is 4.74 Å². The summed E-state index contributed by atoms with van der Waals surface area (Å²) in [5.74, 6) is -0.891. The van der Waals surface area contributed by atoms with Crippen LogP contribution in [0.1, 0.15) is 15.9 Å². The van der Waals surface area contributed by atoms with Gasteiger partial charge in [-0.1, -0.05) is 0 Å². The third-order valence-electron chi connectivity index (χ3n) is 2.65. The fourth-order valence-electron chi connectivity index (χ4n) is 1.66. The Morgan fingerprint density at radius 1 is 1.20 bits per heavy atom. The van der Waals surface area contributed by atoms with Crippen molar-refractivity contribution >= 4 is 11.7 Å². The zero-order valence-corrected chi connectivity index (χ0v) is 10.5. The fourth-order valence-corrected chi connectivity index (χ4v) is 1.66. The third kappa shape index (κ3) is 2.97. The summed E-state index contributed by atoms with van der Waals surface area (Å²) in [6.45, 7) is 1.53. The van der Waals surface area contributed by atoms with Crippen molar-refractivity contribution < 1.29 is 18.8 Å². The highest BCUT2D eigenvalue weighted by molar-refractivity contribution is 5.91. The molecule has 6 heteroatoms. The normalized spacial score (nSPS) is 10.1. The monoisotopic (exact) mass is 275 g/mol. The first-order valence-corrected chi connectivity index (χ1v) is 5.70. The summed E-state index contributed by atoms with van der Waals surface area (Å²) in [5.41, 5.74) is 0.490. The lowest BCUT2D eigenvalue weighted by molar-refractivity contribution is -0.385. The topological polar surface area (TPSA) is 69.4 Å². The second-order valence-corrected chi connectivity index (χ2v) is 4.10. The first-order chi connectivity index (χ1) is 9.47. The van der Waals surface area contributed by atoms with E-state index in [0.717, 1.165) is 0 Å². The van der Waals surface area contributed by atoms with Crippen LogP contribution in [-0.4, -0.2) is 10.9 Å². The third-order valence-corrected chi connectivity index (χ3v) is 2.65. The minimum atomic E-state index is -0.658. The summed E-state index contributed by atoms with van der Waals surface area (Å²) < 4.78 is 17.8. The molecule has 0 saturated carbocycles. The highest BCUT2D eigenvalue weighted by Gasteiger charge is 2.15. The lowest BCUT2D eigenvalue weighted by atomic mass is 10.1. The number of nitrogens with zero attached hydrogens (tertiary/aromatic N) is 1. The van der Waals surface area contributed by atoms with Gasteiger partial charge in [0.25, 0.3) is 5.69 Å². The van der Waals surface area contributed by atoms with Crippen LogP contribution >= 0.6 is 0 Å². The number of ether oxygens (including phenoxy) is 1. The molecular formula is C14H10FNO4. The van der Waals surface area contributed by atoms with Crippen LogP contribution in [0.2, 0.25) is 0 Å². The Labute approximate surface area is 113 Å².